The van der Waals surface area contributed by atoms with Crippen LogP contribution in [0.5, 0.6) is 0 Å². The molecule has 0 saturated carbocycles. The van der Waals surface area contributed by atoms with Crippen molar-refractivity contribution in [3.05, 3.63) is 29.3 Å². The molecular formula is C15H21Cl2N3O3S. The lowest BCUT2D eigenvalue weighted by atomic mass is 10.2. The van der Waals surface area contributed by atoms with Gasteiger partial charge in [-0.15, -0.1) is 11.6 Å². The average Bonchev–Trinajstić information content (AvgIpc) is 2.55. The van der Waals surface area contributed by atoms with Crippen LogP contribution in [-0.2, 0) is 14.8 Å². The van der Waals surface area contributed by atoms with Crippen LogP contribution in [0.2, 0.25) is 5.02 Å². The summed E-state index contributed by atoms with van der Waals surface area (Å²) in [5.41, 5.74) is 0.921. The minimum absolute atomic E-state index is 0.1000. The van der Waals surface area contributed by atoms with E-state index in [9.17, 15) is 13.2 Å². The zero-order valence-electron chi connectivity index (χ0n) is 13.2. The second kappa shape index (κ2) is 8.89. The molecule has 1 heterocycles. The monoisotopic (exact) mass is 393 g/mol. The molecule has 134 valence electrons. The highest BCUT2D eigenvalue weighted by Gasteiger charge is 2.27. The van der Waals surface area contributed by atoms with Crippen molar-refractivity contribution in [3.8, 4) is 0 Å². The molecular weight excluding hydrogens is 373 g/mol. The molecule has 1 saturated heterocycles. The van der Waals surface area contributed by atoms with E-state index in [0.717, 1.165) is 5.69 Å². The molecule has 0 bridgehead atoms. The Bertz CT molecular complexity index is 662. The second-order valence-electron chi connectivity index (χ2n) is 5.44. The van der Waals surface area contributed by atoms with Gasteiger partial charge < -0.3 is 10.2 Å². The third-order valence-corrected chi connectivity index (χ3v) is 6.21. The fourth-order valence-corrected chi connectivity index (χ4v) is 4.30. The van der Waals surface area contributed by atoms with Gasteiger partial charge >= 0.3 is 0 Å². The number of carbonyl (C=O) groups is 1. The summed E-state index contributed by atoms with van der Waals surface area (Å²) >= 11 is 11.6. The number of rotatable bonds is 7. The molecule has 0 radical (unpaired) electrons. The summed E-state index contributed by atoms with van der Waals surface area (Å²) in [5, 5.41) is 3.23. The molecule has 1 fully saturated rings. The first-order valence-electron chi connectivity index (χ1n) is 7.74. The number of nitrogens with zero attached hydrogens (tertiary/aromatic N) is 2. The fraction of sp³-hybridized carbons (Fsp3) is 0.533. The van der Waals surface area contributed by atoms with Crippen molar-refractivity contribution in [1.29, 1.82) is 0 Å². The molecule has 1 aromatic rings. The molecule has 1 N–H and O–H groups in total. The zero-order chi connectivity index (χ0) is 17.6. The number of piperazine rings is 1. The van der Waals surface area contributed by atoms with Gasteiger partial charge in [-0.25, -0.2) is 8.42 Å². The summed E-state index contributed by atoms with van der Waals surface area (Å²) < 4.78 is 26.1. The maximum Gasteiger partial charge on any atom is 0.221 e. The number of alkyl halides is 1. The average molecular weight is 394 g/mol. The largest absolute Gasteiger partial charge is 0.368 e. The summed E-state index contributed by atoms with van der Waals surface area (Å²) in [6.07, 6.45) is 0.193. The van der Waals surface area contributed by atoms with Crippen molar-refractivity contribution >= 4 is 44.8 Å². The molecule has 0 unspecified atom stereocenters. The molecule has 1 aliphatic rings. The van der Waals surface area contributed by atoms with E-state index in [1.807, 2.05) is 24.3 Å². The number of para-hydroxylation sites is 1. The topological polar surface area (TPSA) is 69.7 Å². The van der Waals surface area contributed by atoms with Crippen LogP contribution in [0.3, 0.4) is 0 Å². The van der Waals surface area contributed by atoms with E-state index in [1.54, 1.807) is 0 Å². The van der Waals surface area contributed by atoms with E-state index in [1.165, 1.54) is 4.31 Å². The summed E-state index contributed by atoms with van der Waals surface area (Å²) in [5.74, 6) is -0.112. The van der Waals surface area contributed by atoms with E-state index in [2.05, 4.69) is 10.2 Å². The van der Waals surface area contributed by atoms with E-state index in [4.69, 9.17) is 23.2 Å². The SMILES string of the molecule is O=C(CCCl)NCCS(=O)(=O)N1CCN(c2ccccc2Cl)CC1. The maximum atomic E-state index is 12.3. The van der Waals surface area contributed by atoms with Crippen LogP contribution >= 0.6 is 23.2 Å². The lowest BCUT2D eigenvalue weighted by molar-refractivity contribution is -0.120. The Labute approximate surface area is 152 Å². The van der Waals surface area contributed by atoms with Crippen LogP contribution in [0.1, 0.15) is 6.42 Å². The van der Waals surface area contributed by atoms with Crippen molar-refractivity contribution in [2.75, 3.05) is 49.3 Å². The van der Waals surface area contributed by atoms with Gasteiger partial charge in [-0.1, -0.05) is 23.7 Å². The van der Waals surface area contributed by atoms with Crippen LogP contribution in [0.15, 0.2) is 24.3 Å². The Kier molecular flexibility index (Phi) is 7.16. The first-order valence-corrected chi connectivity index (χ1v) is 10.3. The van der Waals surface area contributed by atoms with Gasteiger partial charge in [0.05, 0.1) is 16.5 Å². The van der Waals surface area contributed by atoms with Crippen LogP contribution in [0.25, 0.3) is 0 Å². The molecule has 0 atom stereocenters. The minimum Gasteiger partial charge on any atom is -0.368 e. The summed E-state index contributed by atoms with van der Waals surface area (Å²) in [6, 6.07) is 7.53. The molecule has 0 aliphatic carbocycles. The van der Waals surface area contributed by atoms with Crippen molar-refractivity contribution in [1.82, 2.24) is 9.62 Å². The Morgan fingerprint density at radius 2 is 1.83 bits per heavy atom. The van der Waals surface area contributed by atoms with Gasteiger partial charge in [-0.05, 0) is 12.1 Å². The van der Waals surface area contributed by atoms with E-state index < -0.39 is 10.0 Å². The van der Waals surface area contributed by atoms with Crippen LogP contribution in [-0.4, -0.2) is 63.0 Å². The highest BCUT2D eigenvalue weighted by atomic mass is 35.5. The number of halogens is 2. The lowest BCUT2D eigenvalue weighted by Crippen LogP contribution is -2.50. The van der Waals surface area contributed by atoms with Gasteiger partial charge in [0, 0.05) is 45.0 Å². The lowest BCUT2D eigenvalue weighted by Gasteiger charge is -2.35. The van der Waals surface area contributed by atoms with Crippen LogP contribution in [0, 0.1) is 0 Å². The first-order chi connectivity index (χ1) is 11.4. The summed E-state index contributed by atoms with van der Waals surface area (Å²) in [4.78, 5) is 13.4. The number of benzene rings is 1. The normalized spacial score (nSPS) is 16.2. The minimum atomic E-state index is -3.38. The zero-order valence-corrected chi connectivity index (χ0v) is 15.6. The van der Waals surface area contributed by atoms with Gasteiger partial charge in [-0.3, -0.25) is 4.79 Å². The van der Waals surface area contributed by atoms with Crippen molar-refractivity contribution < 1.29 is 13.2 Å². The third kappa shape index (κ3) is 5.24. The number of sulfonamides is 1. The second-order valence-corrected chi connectivity index (χ2v) is 8.32. The fourth-order valence-electron chi connectivity index (χ4n) is 2.54. The number of hydrogen-bond donors (Lipinski definition) is 1. The number of amides is 1. The molecule has 9 heteroatoms. The molecule has 0 spiro atoms. The van der Waals surface area contributed by atoms with Crippen molar-refractivity contribution in [3.63, 3.8) is 0 Å². The maximum absolute atomic E-state index is 12.3. The number of nitrogens with one attached hydrogen (secondary N) is 1. The third-order valence-electron chi connectivity index (χ3n) is 3.83. The Balaban J connectivity index is 1.84. The van der Waals surface area contributed by atoms with Crippen molar-refractivity contribution in [2.24, 2.45) is 0 Å². The highest BCUT2D eigenvalue weighted by Crippen LogP contribution is 2.26. The molecule has 0 aromatic heterocycles. The molecule has 1 amide bonds. The molecule has 1 aliphatic heterocycles. The predicted molar refractivity (Wildman–Crippen MR) is 97.4 cm³/mol. The van der Waals surface area contributed by atoms with Crippen LogP contribution < -0.4 is 10.2 Å². The van der Waals surface area contributed by atoms with Gasteiger partial charge in [-0.2, -0.15) is 4.31 Å². The smallest absolute Gasteiger partial charge is 0.221 e. The Morgan fingerprint density at radius 3 is 2.46 bits per heavy atom. The van der Waals surface area contributed by atoms with Crippen LogP contribution in [0.4, 0.5) is 5.69 Å². The standard InChI is InChI=1S/C15H21Cl2N3O3S/c16-6-5-15(21)18-7-12-24(22,23)20-10-8-19(9-11-20)14-4-2-1-3-13(14)17/h1-4H,5-12H2,(H,18,21). The first kappa shape index (κ1) is 19.3. The van der Waals surface area contributed by atoms with Gasteiger partial charge in [0.2, 0.25) is 15.9 Å². The Morgan fingerprint density at radius 1 is 1.17 bits per heavy atom. The number of carbonyl (C=O) groups excluding carboxylic acids is 1. The summed E-state index contributed by atoms with van der Waals surface area (Å²) in [6.45, 7) is 2.08. The number of anilines is 1. The molecule has 24 heavy (non-hydrogen) atoms. The summed E-state index contributed by atoms with van der Waals surface area (Å²) in [7, 11) is -3.38. The quantitative estimate of drug-likeness (QED) is 0.713. The van der Waals surface area contributed by atoms with Gasteiger partial charge in [0.15, 0.2) is 0 Å². The van der Waals surface area contributed by atoms with E-state index >= 15 is 0 Å². The van der Waals surface area contributed by atoms with Crippen molar-refractivity contribution in [2.45, 2.75) is 6.42 Å². The molecule has 6 nitrogen and oxygen atoms in total. The Hall–Kier alpha value is -1.02. The number of hydrogen-bond acceptors (Lipinski definition) is 4. The van der Waals surface area contributed by atoms with E-state index in [-0.39, 0.29) is 30.5 Å². The predicted octanol–water partition coefficient (Wildman–Crippen LogP) is 1.54. The highest BCUT2D eigenvalue weighted by molar-refractivity contribution is 7.89. The van der Waals surface area contributed by atoms with E-state index in [0.29, 0.717) is 31.2 Å². The van der Waals surface area contributed by atoms with Gasteiger partial charge in [0.25, 0.3) is 0 Å². The van der Waals surface area contributed by atoms with Gasteiger partial charge in [0.1, 0.15) is 0 Å². The molecule has 1 aromatic carbocycles. The molecule has 2 rings (SSSR count).